The fraction of sp³-hybridized carbons (Fsp3) is 0.643. The van der Waals surface area contributed by atoms with Crippen LogP contribution < -0.4 is 5.73 Å². The van der Waals surface area contributed by atoms with Gasteiger partial charge in [0.25, 0.3) is 0 Å². The molecule has 3 rings (SSSR count). The van der Waals surface area contributed by atoms with Crippen molar-refractivity contribution < 1.29 is 20.1 Å². The van der Waals surface area contributed by atoms with Gasteiger partial charge in [-0.1, -0.05) is 13.8 Å². The number of ether oxygens (including phenoxy) is 1. The maximum atomic E-state index is 10.2. The van der Waals surface area contributed by atoms with E-state index in [4.69, 9.17) is 10.5 Å². The molecule has 0 saturated carbocycles. The Morgan fingerprint density at radius 2 is 2.08 bits per heavy atom. The predicted molar refractivity (Wildman–Crippen MR) is 88.3 cm³/mol. The molecule has 9 nitrogen and oxygen atoms in total. The SMILES string of the molecule is CC(C)CSc1nc(N)nc2c1ncn2[C@H]1O[C@@H](CO)[C@@H](O)[C@@H]1O. The summed E-state index contributed by atoms with van der Waals surface area (Å²) in [6.07, 6.45) is -2.69. The van der Waals surface area contributed by atoms with Crippen LogP contribution in [0.15, 0.2) is 11.4 Å². The summed E-state index contributed by atoms with van der Waals surface area (Å²) in [7, 11) is 0. The average molecular weight is 355 g/mol. The molecule has 1 aliphatic heterocycles. The van der Waals surface area contributed by atoms with Crippen LogP contribution in [0.5, 0.6) is 0 Å². The van der Waals surface area contributed by atoms with Gasteiger partial charge in [-0.15, -0.1) is 11.8 Å². The number of anilines is 1. The van der Waals surface area contributed by atoms with E-state index >= 15 is 0 Å². The number of nitrogen functional groups attached to an aromatic ring is 1. The molecule has 2 aromatic rings. The highest BCUT2D eigenvalue weighted by Crippen LogP contribution is 2.33. The molecular formula is C14H21N5O4S. The lowest BCUT2D eigenvalue weighted by Crippen LogP contribution is -2.33. The lowest BCUT2D eigenvalue weighted by Gasteiger charge is -2.16. The highest BCUT2D eigenvalue weighted by Gasteiger charge is 2.44. The quantitative estimate of drug-likeness (QED) is 0.423. The highest BCUT2D eigenvalue weighted by atomic mass is 32.2. The Bertz CT molecular complexity index is 724. The van der Waals surface area contributed by atoms with Gasteiger partial charge in [0.1, 0.15) is 28.9 Å². The zero-order valence-electron chi connectivity index (χ0n) is 13.4. The normalized spacial score (nSPS) is 27.4. The van der Waals surface area contributed by atoms with Crippen LogP contribution in [0.1, 0.15) is 20.1 Å². The van der Waals surface area contributed by atoms with Gasteiger partial charge in [0.2, 0.25) is 5.95 Å². The molecule has 0 aliphatic carbocycles. The van der Waals surface area contributed by atoms with E-state index < -0.39 is 31.1 Å². The van der Waals surface area contributed by atoms with Crippen molar-refractivity contribution >= 4 is 28.9 Å². The number of aliphatic hydroxyl groups excluding tert-OH is 3. The Kier molecular flexibility index (Phi) is 4.92. The van der Waals surface area contributed by atoms with E-state index in [0.29, 0.717) is 22.1 Å². The van der Waals surface area contributed by atoms with E-state index in [2.05, 4.69) is 28.8 Å². The Morgan fingerprint density at radius 3 is 2.71 bits per heavy atom. The smallest absolute Gasteiger partial charge is 0.223 e. The molecule has 2 aromatic heterocycles. The van der Waals surface area contributed by atoms with Crippen LogP contribution in [0.3, 0.4) is 0 Å². The summed E-state index contributed by atoms with van der Waals surface area (Å²) in [4.78, 5) is 12.8. The van der Waals surface area contributed by atoms with E-state index in [1.54, 1.807) is 0 Å². The van der Waals surface area contributed by atoms with Crippen molar-refractivity contribution in [3.63, 3.8) is 0 Å². The third kappa shape index (κ3) is 3.07. The number of rotatable bonds is 5. The number of aliphatic hydroxyl groups is 3. The average Bonchev–Trinajstić information content (AvgIpc) is 3.07. The molecule has 4 atom stereocenters. The van der Waals surface area contributed by atoms with Crippen LogP contribution in [0, 0.1) is 5.92 Å². The number of thioether (sulfide) groups is 1. The molecular weight excluding hydrogens is 334 g/mol. The van der Waals surface area contributed by atoms with Gasteiger partial charge in [-0.3, -0.25) is 4.57 Å². The third-order valence-corrected chi connectivity index (χ3v) is 5.14. The molecule has 0 bridgehead atoms. The summed E-state index contributed by atoms with van der Waals surface area (Å²) < 4.78 is 7.04. The minimum Gasteiger partial charge on any atom is -0.394 e. The molecule has 10 heteroatoms. The molecule has 0 amide bonds. The lowest BCUT2D eigenvalue weighted by atomic mass is 10.1. The van der Waals surface area contributed by atoms with Gasteiger partial charge >= 0.3 is 0 Å². The standard InChI is InChI=1S/C14H21N5O4S/c1-6(2)4-24-12-8-11(17-14(15)18-12)19(5-16-8)13-10(22)9(21)7(3-20)23-13/h5-7,9-10,13,20-22H,3-4H2,1-2H3,(H2,15,17,18)/t7-,9+,10-,13-/m0/s1. The van der Waals surface area contributed by atoms with Crippen molar-refractivity contribution in [2.45, 2.75) is 43.4 Å². The number of nitrogens with two attached hydrogens (primary N) is 1. The Hall–Kier alpha value is -1.46. The summed E-state index contributed by atoms with van der Waals surface area (Å²) in [5.41, 5.74) is 6.79. The van der Waals surface area contributed by atoms with E-state index in [-0.39, 0.29) is 5.95 Å². The number of aromatic nitrogens is 4. The number of hydrogen-bond acceptors (Lipinski definition) is 9. The zero-order valence-corrected chi connectivity index (χ0v) is 14.2. The van der Waals surface area contributed by atoms with E-state index in [9.17, 15) is 15.3 Å². The van der Waals surface area contributed by atoms with Crippen molar-refractivity contribution in [2.24, 2.45) is 5.92 Å². The second-order valence-corrected chi connectivity index (χ2v) is 7.15. The number of imidazole rings is 1. The highest BCUT2D eigenvalue weighted by molar-refractivity contribution is 7.99. The molecule has 1 saturated heterocycles. The second kappa shape index (κ2) is 6.81. The first-order valence-electron chi connectivity index (χ1n) is 7.67. The van der Waals surface area contributed by atoms with Crippen LogP contribution in [0.4, 0.5) is 5.95 Å². The van der Waals surface area contributed by atoms with Crippen LogP contribution in [0.25, 0.3) is 11.2 Å². The molecule has 5 N–H and O–H groups in total. The topological polar surface area (TPSA) is 140 Å². The molecule has 0 aromatic carbocycles. The van der Waals surface area contributed by atoms with E-state index in [0.717, 1.165) is 5.75 Å². The first kappa shape index (κ1) is 17.4. The Balaban J connectivity index is 1.98. The summed E-state index contributed by atoms with van der Waals surface area (Å²) in [6.45, 7) is 3.81. The summed E-state index contributed by atoms with van der Waals surface area (Å²) in [6, 6.07) is 0. The summed E-state index contributed by atoms with van der Waals surface area (Å²) in [5, 5.41) is 30.0. The maximum Gasteiger partial charge on any atom is 0.223 e. The van der Waals surface area contributed by atoms with Gasteiger partial charge < -0.3 is 25.8 Å². The van der Waals surface area contributed by atoms with E-state index in [1.165, 1.54) is 22.7 Å². The molecule has 0 spiro atoms. The molecule has 132 valence electrons. The van der Waals surface area contributed by atoms with E-state index in [1.807, 2.05) is 0 Å². The molecule has 1 fully saturated rings. The third-order valence-electron chi connectivity index (χ3n) is 3.75. The molecule has 0 unspecified atom stereocenters. The number of hydrogen-bond donors (Lipinski definition) is 4. The van der Waals surface area contributed by atoms with Gasteiger partial charge in [0.15, 0.2) is 11.9 Å². The molecule has 3 heterocycles. The van der Waals surface area contributed by atoms with Crippen molar-refractivity contribution in [1.82, 2.24) is 19.5 Å². The van der Waals surface area contributed by atoms with Gasteiger partial charge in [0.05, 0.1) is 12.9 Å². The molecule has 1 aliphatic rings. The van der Waals surface area contributed by atoms with Gasteiger partial charge in [-0.25, -0.2) is 9.97 Å². The van der Waals surface area contributed by atoms with Crippen molar-refractivity contribution in [3.8, 4) is 0 Å². The van der Waals surface area contributed by atoms with Gasteiger partial charge in [-0.2, -0.15) is 4.98 Å². The Morgan fingerprint density at radius 1 is 1.33 bits per heavy atom. The maximum absolute atomic E-state index is 10.2. The van der Waals surface area contributed by atoms with Crippen molar-refractivity contribution in [1.29, 1.82) is 0 Å². The largest absolute Gasteiger partial charge is 0.394 e. The Labute approximate surface area is 142 Å². The van der Waals surface area contributed by atoms with Gasteiger partial charge in [-0.05, 0) is 5.92 Å². The first-order chi connectivity index (χ1) is 11.4. The number of fused-ring (bicyclic) bond motifs is 1. The van der Waals surface area contributed by atoms with Crippen LogP contribution in [-0.2, 0) is 4.74 Å². The zero-order chi connectivity index (χ0) is 17.4. The lowest BCUT2D eigenvalue weighted by molar-refractivity contribution is -0.0511. The monoisotopic (exact) mass is 355 g/mol. The number of nitrogens with zero attached hydrogens (tertiary/aromatic N) is 4. The van der Waals surface area contributed by atoms with Crippen LogP contribution in [0.2, 0.25) is 0 Å². The summed E-state index contributed by atoms with van der Waals surface area (Å²) in [5.74, 6) is 1.43. The molecule has 0 radical (unpaired) electrons. The molecule has 24 heavy (non-hydrogen) atoms. The van der Waals surface area contributed by atoms with Gasteiger partial charge in [0, 0.05) is 5.75 Å². The predicted octanol–water partition coefficient (Wildman–Crippen LogP) is -0.232. The minimum atomic E-state index is -1.21. The van der Waals surface area contributed by atoms with Crippen LogP contribution in [-0.4, -0.2) is 65.5 Å². The fourth-order valence-corrected chi connectivity index (χ4v) is 3.48. The summed E-state index contributed by atoms with van der Waals surface area (Å²) >= 11 is 1.53. The second-order valence-electron chi connectivity index (χ2n) is 6.14. The first-order valence-corrected chi connectivity index (χ1v) is 8.66. The van der Waals surface area contributed by atoms with Crippen molar-refractivity contribution in [2.75, 3.05) is 18.1 Å². The minimum absolute atomic E-state index is 0.0993. The van der Waals surface area contributed by atoms with Crippen molar-refractivity contribution in [3.05, 3.63) is 6.33 Å². The fourth-order valence-electron chi connectivity index (χ4n) is 2.55. The van der Waals surface area contributed by atoms with Crippen LogP contribution >= 0.6 is 11.8 Å².